The number of nitrogens with zero attached hydrogens (tertiary/aromatic N) is 5. The van der Waals surface area contributed by atoms with Gasteiger partial charge in [-0.25, -0.2) is 4.98 Å². The maximum Gasteiger partial charge on any atom is 0.267 e. The quantitative estimate of drug-likeness (QED) is 0.333. The molecule has 8 nitrogen and oxygen atoms in total. The van der Waals surface area contributed by atoms with Crippen molar-refractivity contribution in [1.82, 2.24) is 19.2 Å². The second-order valence-corrected chi connectivity index (χ2v) is 11.9. The highest BCUT2D eigenvalue weighted by Gasteiger charge is 2.35. The van der Waals surface area contributed by atoms with Crippen molar-refractivity contribution in [3.63, 3.8) is 0 Å². The molecule has 0 spiro atoms. The lowest BCUT2D eigenvalue weighted by atomic mass is 10.1. The summed E-state index contributed by atoms with van der Waals surface area (Å²) in [5, 5.41) is 0. The molecule has 3 fully saturated rings. The van der Waals surface area contributed by atoms with Crippen LogP contribution in [0.3, 0.4) is 0 Å². The van der Waals surface area contributed by atoms with Crippen LogP contribution < -0.4 is 10.5 Å². The van der Waals surface area contributed by atoms with Crippen molar-refractivity contribution in [2.45, 2.75) is 32.4 Å². The van der Waals surface area contributed by atoms with Gasteiger partial charge < -0.3 is 9.64 Å². The highest BCUT2D eigenvalue weighted by Crippen LogP contribution is 2.34. The van der Waals surface area contributed by atoms with Crippen LogP contribution in [0.5, 0.6) is 0 Å². The molecule has 1 amide bonds. The number of hydrogen-bond donors (Lipinski definition) is 0. The lowest BCUT2D eigenvalue weighted by Gasteiger charge is -2.36. The number of ether oxygens (including phenoxy) is 1. The van der Waals surface area contributed by atoms with E-state index in [1.807, 2.05) is 25.1 Å². The summed E-state index contributed by atoms with van der Waals surface area (Å²) >= 11 is 6.80. The zero-order valence-corrected chi connectivity index (χ0v) is 23.5. The van der Waals surface area contributed by atoms with Crippen molar-refractivity contribution in [1.29, 1.82) is 0 Å². The number of amides is 1. The number of thioether (sulfide) groups is 1. The van der Waals surface area contributed by atoms with Gasteiger partial charge in [0.15, 0.2) is 0 Å². The summed E-state index contributed by atoms with van der Waals surface area (Å²) in [5.74, 6) is 0.445. The average molecular weight is 562 g/mol. The molecule has 1 atom stereocenters. The largest absolute Gasteiger partial charge is 0.376 e. The van der Waals surface area contributed by atoms with E-state index in [9.17, 15) is 9.59 Å². The molecule has 3 aliphatic rings. The number of aromatic nitrogens is 2. The number of thiocarbonyl (C=S) groups is 1. The maximum atomic E-state index is 13.8. The summed E-state index contributed by atoms with van der Waals surface area (Å²) < 4.78 is 7.81. The molecular weight excluding hydrogens is 530 g/mol. The van der Waals surface area contributed by atoms with Crippen molar-refractivity contribution in [3.8, 4) is 0 Å². The number of carbonyl (C=O) groups excluding carboxylic acids is 1. The van der Waals surface area contributed by atoms with Crippen LogP contribution in [0.25, 0.3) is 11.7 Å². The Bertz CT molecular complexity index is 1490. The van der Waals surface area contributed by atoms with Gasteiger partial charge in [0, 0.05) is 45.5 Å². The molecular formula is C29H31N5O3S2. The Balaban J connectivity index is 1.31. The van der Waals surface area contributed by atoms with Gasteiger partial charge in [0.2, 0.25) is 0 Å². The molecule has 0 bridgehead atoms. The fourth-order valence-electron chi connectivity index (χ4n) is 5.35. The smallest absolute Gasteiger partial charge is 0.267 e. The van der Waals surface area contributed by atoms with Crippen LogP contribution in [0.2, 0.25) is 0 Å². The predicted molar refractivity (Wildman–Crippen MR) is 159 cm³/mol. The van der Waals surface area contributed by atoms with Gasteiger partial charge in [-0.2, -0.15) is 0 Å². The van der Waals surface area contributed by atoms with Crippen LogP contribution in [0, 0.1) is 6.92 Å². The third-order valence-corrected chi connectivity index (χ3v) is 8.84. The molecule has 1 aromatic carbocycles. The van der Waals surface area contributed by atoms with Gasteiger partial charge in [0.1, 0.15) is 15.8 Å². The Morgan fingerprint density at radius 3 is 2.64 bits per heavy atom. The minimum absolute atomic E-state index is 0.00512. The van der Waals surface area contributed by atoms with Crippen LogP contribution in [0.1, 0.15) is 29.5 Å². The molecule has 2 aromatic heterocycles. The Hall–Kier alpha value is -3.05. The highest BCUT2D eigenvalue weighted by atomic mass is 32.2. The first-order valence-electron chi connectivity index (χ1n) is 13.4. The van der Waals surface area contributed by atoms with Crippen molar-refractivity contribution < 1.29 is 9.53 Å². The lowest BCUT2D eigenvalue weighted by Crippen LogP contribution is -2.47. The number of piperazine rings is 1. The van der Waals surface area contributed by atoms with E-state index in [1.54, 1.807) is 21.6 Å². The van der Waals surface area contributed by atoms with Crippen LogP contribution in [0.15, 0.2) is 58.4 Å². The van der Waals surface area contributed by atoms with Crippen molar-refractivity contribution in [3.05, 3.63) is 80.6 Å². The average Bonchev–Trinajstić information content (AvgIpc) is 3.55. The van der Waals surface area contributed by atoms with E-state index in [-0.39, 0.29) is 17.6 Å². The Morgan fingerprint density at radius 1 is 1.10 bits per heavy atom. The molecule has 3 aromatic rings. The Labute approximate surface area is 237 Å². The number of rotatable bonds is 6. The number of fused-ring (bicyclic) bond motifs is 1. The van der Waals surface area contributed by atoms with E-state index in [1.165, 1.54) is 17.3 Å². The van der Waals surface area contributed by atoms with Crippen LogP contribution in [-0.4, -0.2) is 74.8 Å². The van der Waals surface area contributed by atoms with Gasteiger partial charge in [-0.15, -0.1) is 0 Å². The number of anilines is 1. The van der Waals surface area contributed by atoms with Gasteiger partial charge in [0.25, 0.3) is 11.5 Å². The third-order valence-electron chi connectivity index (χ3n) is 7.47. The zero-order valence-electron chi connectivity index (χ0n) is 21.9. The van der Waals surface area contributed by atoms with Crippen LogP contribution in [-0.2, 0) is 16.1 Å². The van der Waals surface area contributed by atoms with Crippen molar-refractivity contribution in [2.24, 2.45) is 0 Å². The third kappa shape index (κ3) is 5.51. The van der Waals surface area contributed by atoms with Gasteiger partial charge in [-0.05, 0) is 43.0 Å². The van der Waals surface area contributed by atoms with E-state index in [0.717, 1.165) is 57.7 Å². The van der Waals surface area contributed by atoms with E-state index in [2.05, 4.69) is 34.1 Å². The SMILES string of the molecule is Cc1ccc2nc(N3CCN(Cc4ccccc4)CC3)c(/C=C3/SC(=S)N(CC4CCCO4)C3=O)c(=O)n2c1. The summed E-state index contributed by atoms with van der Waals surface area (Å²) in [6.07, 6.45) is 5.42. The monoisotopic (exact) mass is 561 g/mol. The first kappa shape index (κ1) is 26.2. The maximum absolute atomic E-state index is 13.8. The van der Waals surface area contributed by atoms with Crippen molar-refractivity contribution in [2.75, 3.05) is 44.2 Å². The van der Waals surface area contributed by atoms with Gasteiger partial charge >= 0.3 is 0 Å². The molecule has 0 radical (unpaired) electrons. The van der Waals surface area contributed by atoms with Gasteiger partial charge in [-0.3, -0.25) is 23.8 Å². The molecule has 3 aliphatic heterocycles. The summed E-state index contributed by atoms with van der Waals surface area (Å²) in [5.41, 5.74) is 3.08. The molecule has 6 rings (SSSR count). The molecule has 39 heavy (non-hydrogen) atoms. The minimum Gasteiger partial charge on any atom is -0.376 e. The molecule has 1 unspecified atom stereocenters. The molecule has 3 saturated heterocycles. The van der Waals surface area contributed by atoms with E-state index >= 15 is 0 Å². The fourth-order valence-corrected chi connectivity index (χ4v) is 6.61. The number of aryl methyl sites for hydroxylation is 1. The highest BCUT2D eigenvalue weighted by molar-refractivity contribution is 8.26. The number of pyridine rings is 1. The standard InChI is InChI=1S/C29H31N5O3S2/c1-20-9-10-25-30-26(32-13-11-31(12-14-32)18-21-6-3-2-4-7-21)23(27(35)33(25)17-20)16-24-28(36)34(29(38)39-24)19-22-8-5-15-37-22/h2-4,6-7,9-10,16-17,22H,5,8,11-15,18-19H2,1H3/b24-16+. The topological polar surface area (TPSA) is 70.4 Å². The van der Waals surface area contributed by atoms with Gasteiger partial charge in [0.05, 0.1) is 23.1 Å². The normalized spacial score (nSPS) is 21.6. The molecule has 10 heteroatoms. The van der Waals surface area contributed by atoms with E-state index in [4.69, 9.17) is 21.9 Å². The number of carbonyl (C=O) groups is 1. The lowest BCUT2D eigenvalue weighted by molar-refractivity contribution is -0.123. The Morgan fingerprint density at radius 2 is 1.90 bits per heavy atom. The second kappa shape index (κ2) is 11.2. The first-order chi connectivity index (χ1) is 19.0. The molecule has 0 aliphatic carbocycles. The first-order valence-corrected chi connectivity index (χ1v) is 14.6. The zero-order chi connectivity index (χ0) is 26.9. The summed E-state index contributed by atoms with van der Waals surface area (Å²) in [7, 11) is 0. The van der Waals surface area contributed by atoms with Crippen molar-refractivity contribution >= 4 is 51.7 Å². The molecule has 0 N–H and O–H groups in total. The number of benzene rings is 1. The minimum atomic E-state index is -0.185. The summed E-state index contributed by atoms with van der Waals surface area (Å²) in [6, 6.07) is 14.3. The van der Waals surface area contributed by atoms with Gasteiger partial charge in [-0.1, -0.05) is 60.4 Å². The summed E-state index contributed by atoms with van der Waals surface area (Å²) in [6.45, 7) is 7.19. The predicted octanol–water partition coefficient (Wildman–Crippen LogP) is 3.71. The molecule has 5 heterocycles. The Kier molecular flexibility index (Phi) is 7.53. The van der Waals surface area contributed by atoms with Crippen LogP contribution in [0.4, 0.5) is 5.82 Å². The molecule has 0 saturated carbocycles. The summed E-state index contributed by atoms with van der Waals surface area (Å²) in [4.78, 5) is 38.8. The van der Waals surface area contributed by atoms with Crippen LogP contribution >= 0.6 is 24.0 Å². The fraction of sp³-hybridized carbons (Fsp3) is 0.379. The van der Waals surface area contributed by atoms with E-state index < -0.39 is 0 Å². The number of hydrogen-bond acceptors (Lipinski definition) is 8. The molecule has 202 valence electrons. The van der Waals surface area contributed by atoms with E-state index in [0.29, 0.717) is 32.8 Å². The second-order valence-electron chi connectivity index (χ2n) is 10.3.